The number of thiophene rings is 1. The second kappa shape index (κ2) is 8.96. The van der Waals surface area contributed by atoms with Gasteiger partial charge in [0.2, 0.25) is 5.91 Å². The second-order valence-electron chi connectivity index (χ2n) is 7.95. The van der Waals surface area contributed by atoms with Gasteiger partial charge in [0.1, 0.15) is 0 Å². The third-order valence-corrected chi connectivity index (χ3v) is 6.54. The van der Waals surface area contributed by atoms with Crippen molar-refractivity contribution in [2.24, 2.45) is 0 Å². The minimum atomic E-state index is -0.403. The molecule has 0 radical (unpaired) electrons. The predicted octanol–water partition coefficient (Wildman–Crippen LogP) is 4.06. The van der Waals surface area contributed by atoms with E-state index < -0.39 is 5.92 Å². The fraction of sp³-hybridized carbons (Fsp3) is 0.240. The summed E-state index contributed by atoms with van der Waals surface area (Å²) in [6, 6.07) is 23.7. The van der Waals surface area contributed by atoms with Crippen molar-refractivity contribution in [1.29, 1.82) is 0 Å². The van der Waals surface area contributed by atoms with Gasteiger partial charge in [0.05, 0.1) is 17.3 Å². The first-order valence-corrected chi connectivity index (χ1v) is 11.7. The number of nitrogens with one attached hydrogen (secondary N) is 1. The van der Waals surface area contributed by atoms with Crippen molar-refractivity contribution in [3.05, 3.63) is 99.8 Å². The number of hydrogen-bond donors (Lipinski definition) is 1. The minimum absolute atomic E-state index is 0.0874. The second-order valence-corrected chi connectivity index (χ2v) is 8.90. The molecule has 1 N–H and O–H groups in total. The Bertz CT molecular complexity index is 1200. The molecule has 0 aliphatic heterocycles. The van der Waals surface area contributed by atoms with Crippen molar-refractivity contribution >= 4 is 17.2 Å². The number of carbonyl (C=O) groups is 1. The Morgan fingerprint density at radius 3 is 2.22 bits per heavy atom. The molecule has 1 fully saturated rings. The van der Waals surface area contributed by atoms with Crippen molar-refractivity contribution in [3.63, 3.8) is 0 Å². The van der Waals surface area contributed by atoms with Crippen LogP contribution in [0.4, 0.5) is 0 Å². The van der Waals surface area contributed by atoms with Crippen LogP contribution in [0.25, 0.3) is 10.7 Å². The zero-order valence-electron chi connectivity index (χ0n) is 17.6. The number of aromatic nitrogens is 3. The topological polar surface area (TPSA) is 68.9 Å². The maximum atomic E-state index is 13.2. The van der Waals surface area contributed by atoms with Gasteiger partial charge in [-0.25, -0.2) is 9.48 Å². The van der Waals surface area contributed by atoms with E-state index in [0.717, 1.165) is 34.7 Å². The van der Waals surface area contributed by atoms with Crippen LogP contribution in [0, 0.1) is 0 Å². The smallest absolute Gasteiger partial charge is 0.346 e. The molecule has 0 bridgehead atoms. The quantitative estimate of drug-likeness (QED) is 0.446. The molecule has 32 heavy (non-hydrogen) atoms. The van der Waals surface area contributed by atoms with E-state index in [1.807, 2.05) is 82.7 Å². The highest BCUT2D eigenvalue weighted by Gasteiger charge is 2.30. The first kappa shape index (κ1) is 20.5. The normalized spacial score (nSPS) is 13.4. The SMILES string of the molecule is O=C(NCCn1nc(-c2cccs2)n(C2CC2)c1=O)C(c1ccccc1)c1ccccc1. The van der Waals surface area contributed by atoms with E-state index in [1.54, 1.807) is 11.3 Å². The number of nitrogens with zero attached hydrogens (tertiary/aromatic N) is 3. The fourth-order valence-electron chi connectivity index (χ4n) is 3.97. The van der Waals surface area contributed by atoms with Crippen LogP contribution < -0.4 is 11.0 Å². The lowest BCUT2D eigenvalue weighted by molar-refractivity contribution is -0.121. The monoisotopic (exact) mass is 444 g/mol. The van der Waals surface area contributed by atoms with Gasteiger partial charge in [0.15, 0.2) is 5.82 Å². The van der Waals surface area contributed by atoms with Gasteiger partial charge in [-0.2, -0.15) is 0 Å². The fourth-order valence-corrected chi connectivity index (χ4v) is 4.68. The average Bonchev–Trinajstić information content (AvgIpc) is 3.39. The van der Waals surface area contributed by atoms with Crippen molar-refractivity contribution in [2.45, 2.75) is 31.3 Å². The summed E-state index contributed by atoms with van der Waals surface area (Å²) in [4.78, 5) is 27.1. The average molecular weight is 445 g/mol. The third kappa shape index (κ3) is 4.16. The molecule has 162 valence electrons. The third-order valence-electron chi connectivity index (χ3n) is 5.67. The van der Waals surface area contributed by atoms with Crippen LogP contribution in [-0.2, 0) is 11.3 Å². The molecular formula is C25H24N4O2S. The Kier molecular flexibility index (Phi) is 5.73. The van der Waals surface area contributed by atoms with Crippen molar-refractivity contribution in [3.8, 4) is 10.7 Å². The van der Waals surface area contributed by atoms with Gasteiger partial charge in [-0.05, 0) is 35.4 Å². The number of benzene rings is 2. The summed E-state index contributed by atoms with van der Waals surface area (Å²) in [5, 5.41) is 9.61. The summed E-state index contributed by atoms with van der Waals surface area (Å²) in [5.41, 5.74) is 1.77. The Hall–Kier alpha value is -3.45. The molecule has 0 unspecified atom stereocenters. The Balaban J connectivity index is 1.33. The summed E-state index contributed by atoms with van der Waals surface area (Å²) < 4.78 is 3.29. The molecule has 6 nitrogen and oxygen atoms in total. The van der Waals surface area contributed by atoms with Gasteiger partial charge in [-0.1, -0.05) is 66.7 Å². The molecular weight excluding hydrogens is 420 g/mol. The number of rotatable bonds is 8. The summed E-state index contributed by atoms with van der Waals surface area (Å²) in [7, 11) is 0. The van der Waals surface area contributed by atoms with E-state index in [2.05, 4.69) is 10.4 Å². The molecule has 5 rings (SSSR count). The van der Waals surface area contributed by atoms with Gasteiger partial charge in [-0.3, -0.25) is 9.36 Å². The number of carbonyl (C=O) groups excluding carboxylic acids is 1. The number of hydrogen-bond acceptors (Lipinski definition) is 4. The lowest BCUT2D eigenvalue weighted by Crippen LogP contribution is -2.35. The maximum Gasteiger partial charge on any atom is 0.346 e. The summed E-state index contributed by atoms with van der Waals surface area (Å²) in [6.07, 6.45) is 2.02. The van der Waals surface area contributed by atoms with Gasteiger partial charge < -0.3 is 5.32 Å². The molecule has 2 aromatic carbocycles. The molecule has 1 aliphatic rings. The van der Waals surface area contributed by atoms with E-state index in [0.29, 0.717) is 13.1 Å². The number of amides is 1. The highest BCUT2D eigenvalue weighted by Crippen LogP contribution is 2.37. The summed E-state index contributed by atoms with van der Waals surface area (Å²) >= 11 is 1.58. The first-order valence-electron chi connectivity index (χ1n) is 10.8. The van der Waals surface area contributed by atoms with Gasteiger partial charge >= 0.3 is 5.69 Å². The lowest BCUT2D eigenvalue weighted by atomic mass is 9.90. The Morgan fingerprint density at radius 2 is 1.66 bits per heavy atom. The molecule has 0 atom stereocenters. The molecule has 1 aliphatic carbocycles. The highest BCUT2D eigenvalue weighted by molar-refractivity contribution is 7.13. The van der Waals surface area contributed by atoms with Gasteiger partial charge in [0.25, 0.3) is 0 Å². The van der Waals surface area contributed by atoms with Crippen LogP contribution in [0.15, 0.2) is 83.0 Å². The molecule has 2 heterocycles. The molecule has 0 spiro atoms. The van der Waals surface area contributed by atoms with E-state index in [1.165, 1.54) is 4.68 Å². The molecule has 1 saturated carbocycles. The largest absolute Gasteiger partial charge is 0.353 e. The van der Waals surface area contributed by atoms with Crippen LogP contribution in [0.1, 0.15) is 35.9 Å². The molecule has 2 aromatic heterocycles. The molecule has 1 amide bonds. The van der Waals surface area contributed by atoms with Crippen molar-refractivity contribution in [2.75, 3.05) is 6.54 Å². The lowest BCUT2D eigenvalue weighted by Gasteiger charge is -2.17. The Labute approximate surface area is 190 Å². The van der Waals surface area contributed by atoms with E-state index >= 15 is 0 Å². The zero-order chi connectivity index (χ0) is 21.9. The Morgan fingerprint density at radius 1 is 1.00 bits per heavy atom. The van der Waals surface area contributed by atoms with Crippen LogP contribution in [-0.4, -0.2) is 26.8 Å². The van der Waals surface area contributed by atoms with E-state index in [9.17, 15) is 9.59 Å². The molecule has 4 aromatic rings. The van der Waals surface area contributed by atoms with Crippen LogP contribution in [0.3, 0.4) is 0 Å². The van der Waals surface area contributed by atoms with Gasteiger partial charge in [-0.15, -0.1) is 16.4 Å². The standard InChI is InChI=1S/C25H24N4O2S/c30-24(22(18-8-3-1-4-9-18)19-10-5-2-6-11-19)26-15-16-28-25(31)29(20-13-14-20)23(27-28)21-12-7-17-32-21/h1-12,17,20,22H,13-16H2,(H,26,30). The van der Waals surface area contributed by atoms with Crippen LogP contribution in [0.2, 0.25) is 0 Å². The van der Waals surface area contributed by atoms with E-state index in [-0.39, 0.29) is 17.6 Å². The zero-order valence-corrected chi connectivity index (χ0v) is 18.4. The summed E-state index contributed by atoms with van der Waals surface area (Å²) in [5.74, 6) is 0.237. The highest BCUT2D eigenvalue weighted by atomic mass is 32.1. The van der Waals surface area contributed by atoms with Gasteiger partial charge in [0, 0.05) is 12.6 Å². The van der Waals surface area contributed by atoms with Crippen molar-refractivity contribution in [1.82, 2.24) is 19.7 Å². The van der Waals surface area contributed by atoms with Crippen molar-refractivity contribution < 1.29 is 4.79 Å². The van der Waals surface area contributed by atoms with E-state index in [4.69, 9.17) is 0 Å². The maximum absolute atomic E-state index is 13.2. The minimum Gasteiger partial charge on any atom is -0.353 e. The summed E-state index contributed by atoms with van der Waals surface area (Å²) in [6.45, 7) is 0.666. The van der Waals surface area contributed by atoms with Crippen LogP contribution in [0.5, 0.6) is 0 Å². The predicted molar refractivity (Wildman–Crippen MR) is 126 cm³/mol. The molecule has 0 saturated heterocycles. The first-order chi connectivity index (χ1) is 15.7. The molecule has 7 heteroatoms. The van der Waals surface area contributed by atoms with Crippen LogP contribution >= 0.6 is 11.3 Å².